The summed E-state index contributed by atoms with van der Waals surface area (Å²) in [5.41, 5.74) is 3.23. The van der Waals surface area contributed by atoms with E-state index in [2.05, 4.69) is 10.00 Å². The van der Waals surface area contributed by atoms with Crippen LogP contribution in [0.15, 0.2) is 33.5 Å². The topological polar surface area (TPSA) is 86.4 Å². The fourth-order valence-corrected chi connectivity index (χ4v) is 4.99. The molecule has 7 nitrogen and oxygen atoms in total. The Balaban J connectivity index is 1.40. The molecule has 2 aromatic heterocycles. The highest BCUT2D eigenvalue weighted by molar-refractivity contribution is 5.97. The minimum Gasteiger partial charge on any atom is -0.493 e. The van der Waals surface area contributed by atoms with Crippen LogP contribution in [0, 0.1) is 0 Å². The molecule has 0 spiro atoms. The number of benzene rings is 1. The number of nitrogens with one attached hydrogen (secondary N) is 1. The molecule has 0 atom stereocenters. The van der Waals surface area contributed by atoms with Crippen molar-refractivity contribution in [2.24, 2.45) is 0 Å². The molecule has 1 aromatic carbocycles. The SMILES string of the molecule is COc1cccc2cc(C(=O)NCc3nn(C4CCCC4)c4c3CCCC4)c(=O)oc12. The maximum atomic E-state index is 12.8. The zero-order chi connectivity index (χ0) is 21.4. The largest absolute Gasteiger partial charge is 0.493 e. The number of aromatic nitrogens is 2. The van der Waals surface area contributed by atoms with Crippen molar-refractivity contribution in [3.05, 3.63) is 57.2 Å². The summed E-state index contributed by atoms with van der Waals surface area (Å²) in [6, 6.07) is 7.35. The summed E-state index contributed by atoms with van der Waals surface area (Å²) >= 11 is 0. The highest BCUT2D eigenvalue weighted by Crippen LogP contribution is 2.34. The molecule has 31 heavy (non-hydrogen) atoms. The van der Waals surface area contributed by atoms with Crippen molar-refractivity contribution in [2.75, 3.05) is 7.11 Å². The van der Waals surface area contributed by atoms with Crippen LogP contribution in [0.3, 0.4) is 0 Å². The molecule has 2 aliphatic carbocycles. The van der Waals surface area contributed by atoms with Crippen molar-refractivity contribution in [3.8, 4) is 5.75 Å². The van der Waals surface area contributed by atoms with Gasteiger partial charge in [-0.25, -0.2) is 4.79 Å². The molecule has 1 fully saturated rings. The molecule has 0 radical (unpaired) electrons. The van der Waals surface area contributed by atoms with Crippen LogP contribution >= 0.6 is 0 Å². The molecule has 5 rings (SSSR count). The van der Waals surface area contributed by atoms with Gasteiger partial charge in [-0.05, 0) is 56.2 Å². The smallest absolute Gasteiger partial charge is 0.349 e. The van der Waals surface area contributed by atoms with Gasteiger partial charge < -0.3 is 14.5 Å². The van der Waals surface area contributed by atoms with E-state index in [1.807, 2.05) is 0 Å². The Hall–Kier alpha value is -3.09. The Labute approximate surface area is 180 Å². The molecule has 0 aliphatic heterocycles. The van der Waals surface area contributed by atoms with Gasteiger partial charge in [0.2, 0.25) is 0 Å². The Bertz CT molecular complexity index is 1190. The van der Waals surface area contributed by atoms with Gasteiger partial charge in [-0.3, -0.25) is 9.48 Å². The number of fused-ring (bicyclic) bond motifs is 2. The fraction of sp³-hybridized carbons (Fsp3) is 0.458. The van der Waals surface area contributed by atoms with Gasteiger partial charge in [0.1, 0.15) is 5.56 Å². The lowest BCUT2D eigenvalue weighted by Crippen LogP contribution is -2.28. The molecule has 0 unspecified atom stereocenters. The first kappa shape index (κ1) is 19.8. The van der Waals surface area contributed by atoms with Crippen LogP contribution in [0.1, 0.15) is 71.9 Å². The lowest BCUT2D eigenvalue weighted by Gasteiger charge is -2.18. The zero-order valence-electron chi connectivity index (χ0n) is 17.8. The van der Waals surface area contributed by atoms with E-state index < -0.39 is 11.5 Å². The van der Waals surface area contributed by atoms with E-state index in [1.165, 1.54) is 50.5 Å². The van der Waals surface area contributed by atoms with Gasteiger partial charge in [0, 0.05) is 11.1 Å². The first-order valence-electron chi connectivity index (χ1n) is 11.1. The normalized spacial score (nSPS) is 16.4. The van der Waals surface area contributed by atoms with Gasteiger partial charge in [0.05, 0.1) is 25.4 Å². The molecule has 1 saturated carbocycles. The minimum atomic E-state index is -0.673. The van der Waals surface area contributed by atoms with E-state index >= 15 is 0 Å². The molecule has 2 aliphatic rings. The lowest BCUT2D eigenvalue weighted by atomic mass is 9.95. The maximum absolute atomic E-state index is 12.8. The number of ether oxygens (including phenoxy) is 1. The summed E-state index contributed by atoms with van der Waals surface area (Å²) < 4.78 is 12.9. The Morgan fingerprint density at radius 2 is 2.03 bits per heavy atom. The zero-order valence-corrected chi connectivity index (χ0v) is 17.8. The second kappa shape index (κ2) is 8.21. The third kappa shape index (κ3) is 3.62. The van der Waals surface area contributed by atoms with E-state index in [-0.39, 0.29) is 5.56 Å². The molecular formula is C24H27N3O4. The van der Waals surface area contributed by atoms with Crippen molar-refractivity contribution in [1.29, 1.82) is 0 Å². The van der Waals surface area contributed by atoms with E-state index in [0.717, 1.165) is 25.0 Å². The number of amides is 1. The van der Waals surface area contributed by atoms with Crippen molar-refractivity contribution < 1.29 is 13.9 Å². The van der Waals surface area contributed by atoms with Crippen LogP contribution in [-0.4, -0.2) is 22.8 Å². The first-order chi connectivity index (χ1) is 15.2. The van der Waals surface area contributed by atoms with Crippen molar-refractivity contribution in [2.45, 2.75) is 64.0 Å². The number of para-hydroxylation sites is 1. The third-order valence-corrected chi connectivity index (χ3v) is 6.57. The van der Waals surface area contributed by atoms with Crippen LogP contribution < -0.4 is 15.7 Å². The first-order valence-corrected chi connectivity index (χ1v) is 11.1. The minimum absolute atomic E-state index is 0.00940. The summed E-state index contributed by atoms with van der Waals surface area (Å²) in [7, 11) is 1.51. The third-order valence-electron chi connectivity index (χ3n) is 6.57. The van der Waals surface area contributed by atoms with Gasteiger partial charge in [-0.2, -0.15) is 5.10 Å². The van der Waals surface area contributed by atoms with Gasteiger partial charge in [0.15, 0.2) is 11.3 Å². The highest BCUT2D eigenvalue weighted by Gasteiger charge is 2.27. The van der Waals surface area contributed by atoms with E-state index in [4.69, 9.17) is 14.3 Å². The highest BCUT2D eigenvalue weighted by atomic mass is 16.5. The molecule has 0 bridgehead atoms. The summed E-state index contributed by atoms with van der Waals surface area (Å²) in [5.74, 6) is 0.0177. The summed E-state index contributed by atoms with van der Waals surface area (Å²) in [6.45, 7) is 0.316. The van der Waals surface area contributed by atoms with Crippen LogP contribution in [0.25, 0.3) is 11.0 Å². The van der Waals surface area contributed by atoms with Crippen molar-refractivity contribution >= 4 is 16.9 Å². The molecule has 7 heteroatoms. The average molecular weight is 421 g/mol. The molecule has 1 N–H and O–H groups in total. The maximum Gasteiger partial charge on any atom is 0.349 e. The number of hydrogen-bond donors (Lipinski definition) is 1. The predicted molar refractivity (Wildman–Crippen MR) is 117 cm³/mol. The molecular weight excluding hydrogens is 394 g/mol. The number of nitrogens with zero attached hydrogens (tertiary/aromatic N) is 2. The summed E-state index contributed by atoms with van der Waals surface area (Å²) in [4.78, 5) is 25.3. The van der Waals surface area contributed by atoms with E-state index in [1.54, 1.807) is 24.3 Å². The number of hydrogen-bond acceptors (Lipinski definition) is 5. The molecule has 2 heterocycles. The van der Waals surface area contributed by atoms with Gasteiger partial charge in [-0.15, -0.1) is 0 Å². The Kier molecular flexibility index (Phi) is 5.26. The number of methoxy groups -OCH3 is 1. The number of rotatable bonds is 5. The van der Waals surface area contributed by atoms with Crippen LogP contribution in [0.4, 0.5) is 0 Å². The predicted octanol–water partition coefficient (Wildman–Crippen LogP) is 3.92. The van der Waals surface area contributed by atoms with E-state index in [9.17, 15) is 9.59 Å². The standard InChI is InChI=1S/C24H27N3O4/c1-30-21-12-6-7-15-13-18(24(29)31-22(15)21)23(28)25-14-19-17-10-4-5-11-20(17)27(26-19)16-8-2-3-9-16/h6-7,12-13,16H,2-5,8-11,14H2,1H3,(H,25,28). The Morgan fingerprint density at radius 3 is 2.84 bits per heavy atom. The summed E-state index contributed by atoms with van der Waals surface area (Å²) in [6.07, 6.45) is 9.29. The van der Waals surface area contributed by atoms with Crippen LogP contribution in [-0.2, 0) is 19.4 Å². The monoisotopic (exact) mass is 421 g/mol. The number of carbonyl (C=O) groups is 1. The quantitative estimate of drug-likeness (QED) is 0.631. The van der Waals surface area contributed by atoms with Crippen molar-refractivity contribution in [1.82, 2.24) is 15.1 Å². The lowest BCUT2D eigenvalue weighted by molar-refractivity contribution is 0.0946. The molecule has 1 amide bonds. The molecule has 3 aromatic rings. The summed E-state index contributed by atoms with van der Waals surface area (Å²) in [5, 5.41) is 8.46. The number of carbonyl (C=O) groups excluding carboxylic acids is 1. The second-order valence-electron chi connectivity index (χ2n) is 8.47. The second-order valence-corrected chi connectivity index (χ2v) is 8.47. The molecule has 0 saturated heterocycles. The van der Waals surface area contributed by atoms with Gasteiger partial charge >= 0.3 is 5.63 Å². The van der Waals surface area contributed by atoms with Crippen LogP contribution in [0.5, 0.6) is 5.75 Å². The van der Waals surface area contributed by atoms with Crippen LogP contribution in [0.2, 0.25) is 0 Å². The van der Waals surface area contributed by atoms with E-state index in [0.29, 0.717) is 29.3 Å². The fourth-order valence-electron chi connectivity index (χ4n) is 4.99. The van der Waals surface area contributed by atoms with Crippen molar-refractivity contribution in [3.63, 3.8) is 0 Å². The Morgan fingerprint density at radius 1 is 1.23 bits per heavy atom. The van der Waals surface area contributed by atoms with Gasteiger partial charge in [0.25, 0.3) is 5.91 Å². The van der Waals surface area contributed by atoms with Gasteiger partial charge in [-0.1, -0.05) is 25.0 Å². The molecule has 162 valence electrons. The average Bonchev–Trinajstić information content (AvgIpc) is 3.44.